The number of nitrogens with zero attached hydrogens (tertiary/aromatic N) is 7. The normalized spacial score (nSPS) is 23.4. The van der Waals surface area contributed by atoms with E-state index in [1.54, 1.807) is 26.4 Å². The third kappa shape index (κ3) is 6.10. The molecule has 3 aromatic rings. The standard InChI is InChI=1S/C35H45N9O/c1-23-12-15-35(3,40-29-21-39-44(22-29)30-13-16-43(17-14-30)24(2)45)38-20-27-10-11-31-33(32(23)27)34(42(5)41-31)26-8-6-25(7-9-26)28(18-36)19-37-4/h6-9,18-23,30,40H,10-17,36H2,1-5H3/b28-18+,37-19?,38-20-. The topological polar surface area (TPSA) is 119 Å². The molecule has 2 atom stereocenters. The SMILES string of the molecule is CN=C/C(=C\N)c1ccc(-c2c3c(nn2C)CCC2=C3C(C)CCC(C)(Nc3cnn(C4CCN(C(C)=O)CC4)c3)/N=C\2)cc1. The van der Waals surface area contributed by atoms with Gasteiger partial charge in [0.1, 0.15) is 5.66 Å². The number of carbonyl (C=O) groups excluding carboxylic acids is 1. The Bertz CT molecular complexity index is 1680. The Hall–Kier alpha value is -4.47. The second kappa shape index (κ2) is 12.5. The minimum Gasteiger partial charge on any atom is -0.404 e. The third-order valence-electron chi connectivity index (χ3n) is 9.67. The fraction of sp³-hybridized carbons (Fsp3) is 0.457. The predicted octanol–water partition coefficient (Wildman–Crippen LogP) is 5.50. The molecule has 0 saturated carbocycles. The number of anilines is 1. The number of amides is 1. The Labute approximate surface area is 265 Å². The van der Waals surface area contributed by atoms with Crippen molar-refractivity contribution in [1.29, 1.82) is 0 Å². The summed E-state index contributed by atoms with van der Waals surface area (Å²) < 4.78 is 4.10. The molecule has 10 nitrogen and oxygen atoms in total. The number of hydrogen-bond donors (Lipinski definition) is 2. The summed E-state index contributed by atoms with van der Waals surface area (Å²) in [5.74, 6) is 0.495. The largest absolute Gasteiger partial charge is 0.404 e. The fourth-order valence-corrected chi connectivity index (χ4v) is 7.17. The number of aromatic nitrogens is 4. The maximum absolute atomic E-state index is 11.7. The van der Waals surface area contributed by atoms with Crippen LogP contribution in [0.3, 0.4) is 0 Å². The maximum atomic E-state index is 11.7. The van der Waals surface area contributed by atoms with Crippen LogP contribution in [0.25, 0.3) is 22.4 Å². The van der Waals surface area contributed by atoms with Gasteiger partial charge in [0, 0.05) is 75.6 Å². The number of hydrogen-bond acceptors (Lipinski definition) is 7. The van der Waals surface area contributed by atoms with Crippen molar-refractivity contribution in [2.45, 2.75) is 71.0 Å². The van der Waals surface area contributed by atoms with E-state index < -0.39 is 5.66 Å². The second-order valence-electron chi connectivity index (χ2n) is 12.9. The van der Waals surface area contributed by atoms with Crippen molar-refractivity contribution in [3.05, 3.63) is 65.3 Å². The Morgan fingerprint density at radius 2 is 1.91 bits per heavy atom. The molecule has 3 N–H and O–H groups in total. The monoisotopic (exact) mass is 607 g/mol. The molecular weight excluding hydrogens is 562 g/mol. The summed E-state index contributed by atoms with van der Waals surface area (Å²) in [5.41, 5.74) is 15.7. The molecule has 0 spiro atoms. The van der Waals surface area contributed by atoms with E-state index >= 15 is 0 Å². The van der Waals surface area contributed by atoms with Crippen LogP contribution in [-0.4, -0.2) is 68.6 Å². The second-order valence-corrected chi connectivity index (χ2v) is 12.9. The van der Waals surface area contributed by atoms with Gasteiger partial charge < -0.3 is 16.0 Å². The van der Waals surface area contributed by atoms with Gasteiger partial charge in [-0.15, -0.1) is 0 Å². The molecule has 6 rings (SSSR count). The highest BCUT2D eigenvalue weighted by Gasteiger charge is 2.34. The lowest BCUT2D eigenvalue weighted by Crippen LogP contribution is -2.37. The molecule has 1 amide bonds. The van der Waals surface area contributed by atoms with Crippen LogP contribution in [0, 0.1) is 5.92 Å². The Balaban J connectivity index is 1.25. The van der Waals surface area contributed by atoms with Crippen LogP contribution in [-0.2, 0) is 18.3 Å². The lowest BCUT2D eigenvalue weighted by molar-refractivity contribution is -0.130. The molecule has 10 heteroatoms. The molecule has 4 heterocycles. The third-order valence-corrected chi connectivity index (χ3v) is 9.67. The summed E-state index contributed by atoms with van der Waals surface area (Å²) in [6.07, 6.45) is 15.0. The van der Waals surface area contributed by atoms with E-state index in [1.807, 2.05) is 22.8 Å². The quantitative estimate of drug-likeness (QED) is 0.359. The number of carbonyl (C=O) groups is 1. The molecule has 1 aliphatic carbocycles. The summed E-state index contributed by atoms with van der Waals surface area (Å²) in [4.78, 5) is 23.0. The first-order valence-electron chi connectivity index (χ1n) is 16.1. The van der Waals surface area contributed by atoms with Gasteiger partial charge in [-0.05, 0) is 68.1 Å². The predicted molar refractivity (Wildman–Crippen MR) is 182 cm³/mol. The van der Waals surface area contributed by atoms with Gasteiger partial charge >= 0.3 is 0 Å². The first-order valence-corrected chi connectivity index (χ1v) is 16.1. The average Bonchev–Trinajstić information content (AvgIpc) is 3.64. The summed E-state index contributed by atoms with van der Waals surface area (Å²) in [6, 6.07) is 8.83. The number of allylic oxidation sites excluding steroid dienone is 3. The molecule has 1 fully saturated rings. The van der Waals surface area contributed by atoms with Gasteiger partial charge in [-0.25, -0.2) is 0 Å². The number of aliphatic imine (C=N–C) groups is 2. The molecule has 236 valence electrons. The number of nitrogens with two attached hydrogens (primary N) is 1. The van der Waals surface area contributed by atoms with Gasteiger partial charge in [-0.1, -0.05) is 31.2 Å². The Kier molecular flexibility index (Phi) is 8.48. The van der Waals surface area contributed by atoms with E-state index in [4.69, 9.17) is 15.8 Å². The molecule has 0 bridgehead atoms. The van der Waals surface area contributed by atoms with Crippen LogP contribution in [0.1, 0.15) is 75.7 Å². The van der Waals surface area contributed by atoms with E-state index in [1.165, 1.54) is 22.4 Å². The maximum Gasteiger partial charge on any atom is 0.219 e. The van der Waals surface area contributed by atoms with Gasteiger partial charge in [0.15, 0.2) is 0 Å². The fourth-order valence-electron chi connectivity index (χ4n) is 7.17. The summed E-state index contributed by atoms with van der Waals surface area (Å²) in [5, 5.41) is 13.4. The van der Waals surface area contributed by atoms with Crippen molar-refractivity contribution in [2.75, 3.05) is 25.5 Å². The lowest BCUT2D eigenvalue weighted by Gasteiger charge is -2.33. The average molecular weight is 608 g/mol. The molecule has 2 aliphatic heterocycles. The van der Waals surface area contributed by atoms with Crippen molar-refractivity contribution in [1.82, 2.24) is 24.5 Å². The molecule has 1 aromatic carbocycles. The lowest BCUT2D eigenvalue weighted by atomic mass is 9.78. The van der Waals surface area contributed by atoms with Crippen molar-refractivity contribution in [3.8, 4) is 11.3 Å². The Morgan fingerprint density at radius 1 is 1.16 bits per heavy atom. The first kappa shape index (κ1) is 30.6. The van der Waals surface area contributed by atoms with Crippen molar-refractivity contribution in [2.24, 2.45) is 28.7 Å². The van der Waals surface area contributed by atoms with Crippen LogP contribution in [0.15, 0.2) is 58.4 Å². The van der Waals surface area contributed by atoms with Gasteiger partial charge in [-0.3, -0.25) is 24.1 Å². The zero-order valence-corrected chi connectivity index (χ0v) is 27.1. The van der Waals surface area contributed by atoms with Crippen LogP contribution < -0.4 is 11.1 Å². The van der Waals surface area contributed by atoms with Crippen LogP contribution >= 0.6 is 0 Å². The highest BCUT2D eigenvalue weighted by atomic mass is 16.2. The highest BCUT2D eigenvalue weighted by Crippen LogP contribution is 2.44. The van der Waals surface area contributed by atoms with Crippen LogP contribution in [0.4, 0.5) is 5.69 Å². The van der Waals surface area contributed by atoms with Crippen LogP contribution in [0.2, 0.25) is 0 Å². The van der Waals surface area contributed by atoms with Gasteiger partial charge in [-0.2, -0.15) is 10.2 Å². The molecule has 0 radical (unpaired) electrons. The van der Waals surface area contributed by atoms with E-state index in [2.05, 4.69) is 70.6 Å². The summed E-state index contributed by atoms with van der Waals surface area (Å²) >= 11 is 0. The van der Waals surface area contributed by atoms with E-state index in [0.29, 0.717) is 12.0 Å². The number of piperidine rings is 1. The Morgan fingerprint density at radius 3 is 2.60 bits per heavy atom. The number of nitrogens with one attached hydrogen (secondary N) is 1. The molecule has 2 unspecified atom stereocenters. The van der Waals surface area contributed by atoms with Crippen molar-refractivity contribution in [3.63, 3.8) is 0 Å². The minimum atomic E-state index is -0.442. The van der Waals surface area contributed by atoms with E-state index in [0.717, 1.165) is 79.7 Å². The van der Waals surface area contributed by atoms with E-state index in [-0.39, 0.29) is 5.91 Å². The zero-order valence-electron chi connectivity index (χ0n) is 27.1. The molecule has 2 aromatic heterocycles. The smallest absolute Gasteiger partial charge is 0.219 e. The molecule has 1 saturated heterocycles. The van der Waals surface area contributed by atoms with Crippen molar-refractivity contribution < 1.29 is 4.79 Å². The molecule has 3 aliphatic rings. The van der Waals surface area contributed by atoms with Gasteiger partial charge in [0.2, 0.25) is 5.91 Å². The first-order chi connectivity index (χ1) is 21.7. The summed E-state index contributed by atoms with van der Waals surface area (Å²) in [6.45, 7) is 7.74. The molecule has 45 heavy (non-hydrogen) atoms. The summed E-state index contributed by atoms with van der Waals surface area (Å²) in [7, 11) is 3.80. The van der Waals surface area contributed by atoms with Gasteiger partial charge in [0.05, 0.1) is 29.3 Å². The van der Waals surface area contributed by atoms with Crippen molar-refractivity contribution >= 4 is 35.2 Å². The number of rotatable bonds is 6. The van der Waals surface area contributed by atoms with Crippen LogP contribution in [0.5, 0.6) is 0 Å². The highest BCUT2D eigenvalue weighted by molar-refractivity contribution is 6.09. The number of fused-ring (bicyclic) bond motifs is 2. The number of benzene rings is 1. The minimum absolute atomic E-state index is 0.152. The number of aryl methyl sites for hydroxylation is 2. The van der Waals surface area contributed by atoms with E-state index in [9.17, 15) is 4.79 Å². The van der Waals surface area contributed by atoms with Gasteiger partial charge in [0.25, 0.3) is 0 Å². The zero-order chi connectivity index (χ0) is 31.7. The number of likely N-dealkylation sites (tertiary alicyclic amines) is 1. The molecular formula is C35H45N9O.